The first-order chi connectivity index (χ1) is 21.9. The van der Waals surface area contributed by atoms with E-state index in [1.54, 1.807) is 24.3 Å². The zero-order valence-electron chi connectivity index (χ0n) is 25.4. The van der Waals surface area contributed by atoms with E-state index in [4.69, 9.17) is 4.74 Å². The lowest BCUT2D eigenvalue weighted by atomic mass is 9.81. The Hall–Kier alpha value is -4.59. The Balaban J connectivity index is 1.12. The molecule has 3 aliphatic rings. The van der Waals surface area contributed by atoms with Crippen LogP contribution in [0.1, 0.15) is 85.2 Å². The predicted octanol–water partition coefficient (Wildman–Crippen LogP) is 7.06. The zero-order chi connectivity index (χ0) is 31.0. The number of ether oxygens (including phenoxy) is 1. The highest BCUT2D eigenvalue weighted by atomic mass is 16.5. The largest absolute Gasteiger partial charge is 0.491 e. The maximum atomic E-state index is 13.5. The molecule has 8 heteroatoms. The lowest BCUT2D eigenvalue weighted by molar-refractivity contribution is -0.147. The van der Waals surface area contributed by atoms with Gasteiger partial charge in [-0.25, -0.2) is 4.79 Å². The van der Waals surface area contributed by atoms with Crippen molar-refractivity contribution in [2.45, 2.75) is 82.2 Å². The quantitative estimate of drug-likeness (QED) is 0.209. The summed E-state index contributed by atoms with van der Waals surface area (Å²) in [5.41, 5.74) is 5.59. The molecule has 45 heavy (non-hydrogen) atoms. The van der Waals surface area contributed by atoms with E-state index in [0.29, 0.717) is 43.2 Å². The Labute approximate surface area is 262 Å². The normalized spacial score (nSPS) is 17.5. The van der Waals surface area contributed by atoms with Gasteiger partial charge in [-0.1, -0.05) is 62.4 Å². The Bertz CT molecular complexity index is 1760. The summed E-state index contributed by atoms with van der Waals surface area (Å²) in [7, 11) is 0. The van der Waals surface area contributed by atoms with Crippen LogP contribution in [0.3, 0.4) is 0 Å². The third-order valence-corrected chi connectivity index (χ3v) is 9.92. The fourth-order valence-electron chi connectivity index (χ4n) is 7.66. The van der Waals surface area contributed by atoms with Crippen molar-refractivity contribution >= 4 is 34.4 Å². The molecular formula is C37H39N3O5. The number of carboxylic acids is 1. The minimum absolute atomic E-state index is 0.0788. The monoisotopic (exact) mass is 605 g/mol. The van der Waals surface area contributed by atoms with Gasteiger partial charge >= 0.3 is 5.97 Å². The van der Waals surface area contributed by atoms with Crippen LogP contribution in [0.5, 0.6) is 5.75 Å². The van der Waals surface area contributed by atoms with Crippen LogP contribution in [0.4, 0.5) is 5.69 Å². The minimum atomic E-state index is -1.15. The van der Waals surface area contributed by atoms with E-state index < -0.39 is 11.5 Å². The second-order valence-electron chi connectivity index (χ2n) is 12.8. The van der Waals surface area contributed by atoms with Gasteiger partial charge in [0.25, 0.3) is 5.91 Å². The third kappa shape index (κ3) is 5.58. The second kappa shape index (κ2) is 12.1. The molecule has 0 radical (unpaired) electrons. The maximum absolute atomic E-state index is 13.5. The lowest BCUT2D eigenvalue weighted by Crippen LogP contribution is -2.52. The van der Waals surface area contributed by atoms with Gasteiger partial charge in [-0.15, -0.1) is 0 Å². The average Bonchev–Trinajstić information content (AvgIpc) is 3.60. The first-order valence-corrected chi connectivity index (χ1v) is 16.2. The molecule has 0 spiro atoms. The van der Waals surface area contributed by atoms with Crippen LogP contribution in [-0.2, 0) is 22.6 Å². The summed E-state index contributed by atoms with van der Waals surface area (Å²) in [4.78, 5) is 38.0. The minimum Gasteiger partial charge on any atom is -0.491 e. The van der Waals surface area contributed by atoms with E-state index in [0.717, 1.165) is 35.2 Å². The Morgan fingerprint density at radius 2 is 1.67 bits per heavy atom. The van der Waals surface area contributed by atoms with Crippen LogP contribution < -0.4 is 15.4 Å². The van der Waals surface area contributed by atoms with Crippen molar-refractivity contribution in [3.8, 4) is 17.0 Å². The first-order valence-electron chi connectivity index (χ1n) is 16.2. The molecule has 1 aliphatic heterocycles. The maximum Gasteiger partial charge on any atom is 0.329 e. The standard InChI is InChI=1S/C37H39N3O5/c41-32(39-37(36(43)44)18-6-7-19-37)22-24-12-15-27(16-13-24)38-35(42)26-14-17-28-30(23-26)40-20-21-45-31-11-5-4-10-29(31)34(40)33(28)25-8-2-1-3-9-25/h4-5,10-17,23,25H,1-3,6-9,18-22H2,(H,38,42)(H,39,41)(H,43,44). The summed E-state index contributed by atoms with van der Waals surface area (Å²) < 4.78 is 8.52. The van der Waals surface area contributed by atoms with E-state index in [1.165, 1.54) is 48.7 Å². The Kier molecular flexibility index (Phi) is 7.81. The number of nitrogens with zero attached hydrogens (tertiary/aromatic N) is 1. The molecule has 0 unspecified atom stereocenters. The number of fused-ring (bicyclic) bond motifs is 5. The van der Waals surface area contributed by atoms with Gasteiger partial charge in [0.15, 0.2) is 0 Å². The highest BCUT2D eigenvalue weighted by Gasteiger charge is 2.42. The lowest BCUT2D eigenvalue weighted by Gasteiger charge is -2.25. The molecule has 232 valence electrons. The van der Waals surface area contributed by atoms with Crippen molar-refractivity contribution in [2.24, 2.45) is 0 Å². The van der Waals surface area contributed by atoms with E-state index in [-0.39, 0.29) is 18.2 Å². The summed E-state index contributed by atoms with van der Waals surface area (Å²) >= 11 is 0. The molecular weight excluding hydrogens is 566 g/mol. The molecule has 8 nitrogen and oxygen atoms in total. The molecule has 1 aromatic heterocycles. The number of anilines is 1. The van der Waals surface area contributed by atoms with Gasteiger partial charge in [0, 0.05) is 27.7 Å². The highest BCUT2D eigenvalue weighted by molar-refractivity contribution is 6.07. The van der Waals surface area contributed by atoms with Gasteiger partial charge in [-0.3, -0.25) is 9.59 Å². The number of aromatic nitrogens is 1. The molecule has 2 fully saturated rings. The number of aliphatic carboxylic acids is 1. The summed E-state index contributed by atoms with van der Waals surface area (Å²) in [6, 6.07) is 21.5. The number of nitrogens with one attached hydrogen (secondary N) is 2. The first kappa shape index (κ1) is 29.1. The molecule has 0 saturated heterocycles. The summed E-state index contributed by atoms with van der Waals surface area (Å²) in [6.45, 7) is 1.27. The molecule has 2 amide bonds. The molecule has 2 heterocycles. The van der Waals surface area contributed by atoms with Crippen LogP contribution in [0, 0.1) is 0 Å². The number of para-hydroxylation sites is 1. The average molecular weight is 606 g/mol. The van der Waals surface area contributed by atoms with Crippen molar-refractivity contribution in [1.82, 2.24) is 9.88 Å². The second-order valence-corrected chi connectivity index (χ2v) is 12.8. The molecule has 0 bridgehead atoms. The number of carbonyl (C=O) groups excluding carboxylic acids is 2. The van der Waals surface area contributed by atoms with Gasteiger partial charge in [0.2, 0.25) is 5.91 Å². The number of hydrogen-bond acceptors (Lipinski definition) is 4. The molecule has 4 aromatic rings. The molecule has 3 N–H and O–H groups in total. The van der Waals surface area contributed by atoms with Crippen molar-refractivity contribution in [3.63, 3.8) is 0 Å². The number of benzene rings is 3. The zero-order valence-corrected chi connectivity index (χ0v) is 25.4. The van der Waals surface area contributed by atoms with Gasteiger partial charge in [-0.2, -0.15) is 0 Å². The molecule has 0 atom stereocenters. The van der Waals surface area contributed by atoms with E-state index in [2.05, 4.69) is 33.4 Å². The van der Waals surface area contributed by atoms with Crippen LogP contribution in [0.2, 0.25) is 0 Å². The summed E-state index contributed by atoms with van der Waals surface area (Å²) in [6.07, 6.45) is 8.70. The van der Waals surface area contributed by atoms with Crippen molar-refractivity contribution in [1.29, 1.82) is 0 Å². The third-order valence-electron chi connectivity index (χ3n) is 9.92. The van der Waals surface area contributed by atoms with Crippen LogP contribution in [-0.4, -0.2) is 39.6 Å². The molecule has 2 aliphatic carbocycles. The predicted molar refractivity (Wildman–Crippen MR) is 174 cm³/mol. The fourth-order valence-corrected chi connectivity index (χ4v) is 7.66. The number of carboxylic acid groups (broad SMARTS) is 1. The molecule has 3 aromatic carbocycles. The molecule has 7 rings (SSSR count). The number of rotatable bonds is 7. The number of carbonyl (C=O) groups is 3. The number of hydrogen-bond donors (Lipinski definition) is 3. The Morgan fingerprint density at radius 3 is 2.42 bits per heavy atom. The van der Waals surface area contributed by atoms with Crippen LogP contribution >= 0.6 is 0 Å². The van der Waals surface area contributed by atoms with Gasteiger partial charge in [-0.05, 0) is 79.1 Å². The van der Waals surface area contributed by atoms with E-state index >= 15 is 0 Å². The van der Waals surface area contributed by atoms with Crippen molar-refractivity contribution in [2.75, 3.05) is 11.9 Å². The SMILES string of the molecule is O=C(Cc1ccc(NC(=O)c2ccc3c(C4CCCCC4)c4n(c3c2)CCOc2ccccc2-4)cc1)NC1(C(=O)O)CCCC1. The topological polar surface area (TPSA) is 110 Å². The molecule has 2 saturated carbocycles. The van der Waals surface area contributed by atoms with Crippen molar-refractivity contribution in [3.05, 3.63) is 83.4 Å². The summed E-state index contributed by atoms with van der Waals surface area (Å²) in [5, 5.41) is 16.6. The van der Waals surface area contributed by atoms with Crippen molar-refractivity contribution < 1.29 is 24.2 Å². The smallest absolute Gasteiger partial charge is 0.329 e. The van der Waals surface area contributed by atoms with Crippen LogP contribution in [0.25, 0.3) is 22.2 Å². The van der Waals surface area contributed by atoms with Gasteiger partial charge in [0.05, 0.1) is 18.7 Å². The van der Waals surface area contributed by atoms with E-state index in [9.17, 15) is 19.5 Å². The fraction of sp³-hybridized carbons (Fsp3) is 0.378. The summed E-state index contributed by atoms with van der Waals surface area (Å²) in [5.74, 6) is -0.0840. The van der Waals surface area contributed by atoms with Gasteiger partial charge < -0.3 is 25.0 Å². The van der Waals surface area contributed by atoms with E-state index in [1.807, 2.05) is 24.3 Å². The van der Waals surface area contributed by atoms with Crippen LogP contribution in [0.15, 0.2) is 66.7 Å². The van der Waals surface area contributed by atoms with Gasteiger partial charge in [0.1, 0.15) is 17.9 Å². The highest BCUT2D eigenvalue weighted by Crippen LogP contribution is 2.47. The number of amides is 2. The Morgan fingerprint density at radius 1 is 0.911 bits per heavy atom.